The maximum Gasteiger partial charge on any atom is 0.233 e. The van der Waals surface area contributed by atoms with Crippen LogP contribution in [-0.2, 0) is 10.0 Å². The lowest BCUT2D eigenvalue weighted by Crippen LogP contribution is -2.33. The highest BCUT2D eigenvalue weighted by Crippen LogP contribution is 2.33. The Labute approximate surface area is 117 Å². The van der Waals surface area contributed by atoms with Gasteiger partial charge in [-0.1, -0.05) is 0 Å². The Morgan fingerprint density at radius 3 is 2.50 bits per heavy atom. The topological polar surface area (TPSA) is 81.6 Å². The molecule has 1 aromatic rings. The highest BCUT2D eigenvalue weighted by molar-refractivity contribution is 7.90. The van der Waals surface area contributed by atoms with Gasteiger partial charge in [-0.15, -0.1) is 10.2 Å². The summed E-state index contributed by atoms with van der Waals surface area (Å²) in [5.74, 6) is 0.808. The summed E-state index contributed by atoms with van der Waals surface area (Å²) in [6, 6.07) is 3.33. The number of nitrogens with zero attached hydrogens (tertiary/aromatic N) is 3. The van der Waals surface area contributed by atoms with Crippen LogP contribution in [-0.4, -0.2) is 54.5 Å². The summed E-state index contributed by atoms with van der Waals surface area (Å²) in [4.78, 5) is 0. The van der Waals surface area contributed by atoms with Gasteiger partial charge < -0.3 is 9.47 Å². The van der Waals surface area contributed by atoms with E-state index in [-0.39, 0.29) is 11.4 Å². The van der Waals surface area contributed by atoms with E-state index >= 15 is 0 Å². The molecule has 7 nitrogen and oxygen atoms in total. The van der Waals surface area contributed by atoms with Crippen molar-refractivity contribution >= 4 is 10.0 Å². The van der Waals surface area contributed by atoms with Crippen LogP contribution in [0.1, 0.15) is 19.3 Å². The van der Waals surface area contributed by atoms with Crippen molar-refractivity contribution in [2.75, 3.05) is 20.2 Å². The molecule has 20 heavy (non-hydrogen) atoms. The van der Waals surface area contributed by atoms with Gasteiger partial charge in [0.25, 0.3) is 0 Å². The number of rotatable bonds is 5. The van der Waals surface area contributed by atoms with E-state index < -0.39 is 10.0 Å². The zero-order valence-electron chi connectivity index (χ0n) is 11.2. The molecule has 1 saturated heterocycles. The summed E-state index contributed by atoms with van der Waals surface area (Å²) in [6.45, 7) is 0.916. The molecule has 1 aliphatic carbocycles. The van der Waals surface area contributed by atoms with E-state index in [0.29, 0.717) is 31.3 Å². The normalized spacial score (nSPS) is 23.8. The maximum atomic E-state index is 12.1. The molecule has 0 bridgehead atoms. The van der Waals surface area contributed by atoms with Gasteiger partial charge in [0.05, 0.1) is 18.9 Å². The van der Waals surface area contributed by atoms with Crippen LogP contribution >= 0.6 is 0 Å². The lowest BCUT2D eigenvalue weighted by Gasteiger charge is -2.16. The monoisotopic (exact) mass is 299 g/mol. The fourth-order valence-corrected chi connectivity index (χ4v) is 4.14. The molecule has 0 radical (unpaired) electrons. The Balaban J connectivity index is 1.59. The number of hydrogen-bond acceptors (Lipinski definition) is 6. The lowest BCUT2D eigenvalue weighted by atomic mass is 10.3. The zero-order chi connectivity index (χ0) is 14.2. The van der Waals surface area contributed by atoms with Crippen LogP contribution in [0, 0.1) is 0 Å². The predicted molar refractivity (Wildman–Crippen MR) is 71.1 cm³/mol. The van der Waals surface area contributed by atoms with Gasteiger partial charge in [-0.05, 0) is 19.3 Å². The van der Waals surface area contributed by atoms with Crippen LogP contribution in [0.15, 0.2) is 12.1 Å². The molecule has 2 aliphatic rings. The first-order chi connectivity index (χ1) is 9.59. The number of sulfonamides is 1. The van der Waals surface area contributed by atoms with Crippen LogP contribution < -0.4 is 9.47 Å². The van der Waals surface area contributed by atoms with Gasteiger partial charge >= 0.3 is 0 Å². The van der Waals surface area contributed by atoms with E-state index in [0.717, 1.165) is 12.8 Å². The van der Waals surface area contributed by atoms with Gasteiger partial charge in [-0.2, -0.15) is 4.31 Å². The van der Waals surface area contributed by atoms with Gasteiger partial charge in [0.2, 0.25) is 21.8 Å². The molecule has 1 aromatic heterocycles. The highest BCUT2D eigenvalue weighted by Gasteiger charge is 2.43. The molecule has 2 heterocycles. The van der Waals surface area contributed by atoms with Gasteiger partial charge in [-0.3, -0.25) is 0 Å². The molecular weight excluding hydrogens is 282 g/mol. The molecule has 2 fully saturated rings. The van der Waals surface area contributed by atoms with Crippen LogP contribution in [0.25, 0.3) is 0 Å². The minimum atomic E-state index is -3.10. The van der Waals surface area contributed by atoms with Crippen molar-refractivity contribution in [3.8, 4) is 11.8 Å². The smallest absolute Gasteiger partial charge is 0.233 e. The van der Waals surface area contributed by atoms with Crippen LogP contribution in [0.5, 0.6) is 11.8 Å². The Bertz CT molecular complexity index is 571. The Morgan fingerprint density at radius 2 is 1.90 bits per heavy atom. The molecule has 1 saturated carbocycles. The minimum Gasteiger partial charge on any atom is -0.480 e. The number of methoxy groups -OCH3 is 1. The van der Waals surface area contributed by atoms with E-state index in [2.05, 4.69) is 10.2 Å². The van der Waals surface area contributed by atoms with Crippen molar-refractivity contribution in [1.82, 2.24) is 14.5 Å². The molecule has 0 amide bonds. The summed E-state index contributed by atoms with van der Waals surface area (Å²) >= 11 is 0. The van der Waals surface area contributed by atoms with Crippen molar-refractivity contribution in [3.63, 3.8) is 0 Å². The van der Waals surface area contributed by atoms with Gasteiger partial charge in [0, 0.05) is 18.7 Å². The van der Waals surface area contributed by atoms with E-state index in [4.69, 9.17) is 9.47 Å². The van der Waals surface area contributed by atoms with E-state index in [1.165, 1.54) is 11.4 Å². The molecule has 1 atom stereocenters. The fourth-order valence-electron chi connectivity index (χ4n) is 2.25. The maximum absolute atomic E-state index is 12.1. The van der Waals surface area contributed by atoms with Crippen LogP contribution in [0.2, 0.25) is 0 Å². The largest absolute Gasteiger partial charge is 0.480 e. The van der Waals surface area contributed by atoms with Gasteiger partial charge in [0.15, 0.2) is 0 Å². The quantitative estimate of drug-likeness (QED) is 0.784. The number of ether oxygens (including phenoxy) is 2. The second kappa shape index (κ2) is 5.17. The third kappa shape index (κ3) is 2.71. The van der Waals surface area contributed by atoms with Gasteiger partial charge in [0.1, 0.15) is 6.10 Å². The molecule has 0 N–H and O–H groups in total. The average molecular weight is 299 g/mol. The fraction of sp³-hybridized carbons (Fsp3) is 0.667. The molecular formula is C12H17N3O4S. The summed E-state index contributed by atoms with van der Waals surface area (Å²) in [6.07, 6.45) is 2.09. The second-order valence-electron chi connectivity index (χ2n) is 5.04. The van der Waals surface area contributed by atoms with E-state index in [1.807, 2.05) is 0 Å². The van der Waals surface area contributed by atoms with Crippen molar-refractivity contribution in [1.29, 1.82) is 0 Å². The van der Waals surface area contributed by atoms with Crippen molar-refractivity contribution in [2.45, 2.75) is 30.6 Å². The molecule has 0 spiro atoms. The van der Waals surface area contributed by atoms with Crippen molar-refractivity contribution < 1.29 is 17.9 Å². The zero-order valence-corrected chi connectivity index (χ0v) is 12.0. The Hall–Kier alpha value is -1.41. The van der Waals surface area contributed by atoms with Gasteiger partial charge in [-0.25, -0.2) is 8.42 Å². The molecule has 110 valence electrons. The lowest BCUT2D eigenvalue weighted by molar-refractivity contribution is 0.203. The summed E-state index contributed by atoms with van der Waals surface area (Å²) in [5.41, 5.74) is 0. The Kier molecular flexibility index (Phi) is 3.51. The van der Waals surface area contributed by atoms with Crippen molar-refractivity contribution in [2.24, 2.45) is 0 Å². The molecule has 0 unspecified atom stereocenters. The van der Waals surface area contributed by atoms with Crippen LogP contribution in [0.4, 0.5) is 0 Å². The van der Waals surface area contributed by atoms with Crippen molar-refractivity contribution in [3.05, 3.63) is 12.1 Å². The first kappa shape index (κ1) is 13.6. The third-order valence-corrected chi connectivity index (χ3v) is 5.89. The average Bonchev–Trinajstić information content (AvgIpc) is 3.21. The third-order valence-electron chi connectivity index (χ3n) is 3.53. The molecule has 1 aliphatic heterocycles. The highest BCUT2D eigenvalue weighted by atomic mass is 32.2. The SMILES string of the molecule is COc1ccc(O[C@@H]2CCN(S(=O)(=O)C3CC3)C2)nn1. The molecule has 8 heteroatoms. The minimum absolute atomic E-state index is 0.161. The standard InChI is InChI=1S/C12H17N3O4S/c1-18-11-4-5-12(14-13-11)19-9-6-7-15(8-9)20(16,17)10-2-3-10/h4-5,9-10H,2-3,6-8H2,1H3/t9-/m1/s1. The first-order valence-corrected chi connectivity index (χ1v) is 8.13. The Morgan fingerprint density at radius 1 is 1.20 bits per heavy atom. The van der Waals surface area contributed by atoms with E-state index in [1.54, 1.807) is 12.1 Å². The summed E-state index contributed by atoms with van der Waals surface area (Å²) in [7, 11) is -1.59. The predicted octanol–water partition coefficient (Wildman–Crippen LogP) is 0.430. The number of aromatic nitrogens is 2. The van der Waals surface area contributed by atoms with E-state index in [9.17, 15) is 8.42 Å². The first-order valence-electron chi connectivity index (χ1n) is 6.63. The summed E-state index contributed by atoms with van der Waals surface area (Å²) < 4.78 is 36.3. The second-order valence-corrected chi connectivity index (χ2v) is 7.26. The molecule has 0 aromatic carbocycles. The summed E-state index contributed by atoms with van der Waals surface area (Å²) in [5, 5.41) is 7.53. The number of hydrogen-bond donors (Lipinski definition) is 0. The molecule has 3 rings (SSSR count). The van der Waals surface area contributed by atoms with Crippen LogP contribution in [0.3, 0.4) is 0 Å².